The molecule has 0 spiro atoms. The summed E-state index contributed by atoms with van der Waals surface area (Å²) >= 11 is 13.5. The molecule has 0 N–H and O–H groups in total. The second-order valence-electron chi connectivity index (χ2n) is 7.67. The van der Waals surface area contributed by atoms with Crippen LogP contribution in [0.15, 0.2) is 65.8 Å². The van der Waals surface area contributed by atoms with Gasteiger partial charge < -0.3 is 4.90 Å². The zero-order valence-corrected chi connectivity index (χ0v) is 19.3. The van der Waals surface area contributed by atoms with Gasteiger partial charge in [-0.1, -0.05) is 71.9 Å². The van der Waals surface area contributed by atoms with E-state index in [0.29, 0.717) is 27.5 Å². The lowest BCUT2D eigenvalue weighted by Gasteiger charge is -2.33. The van der Waals surface area contributed by atoms with Gasteiger partial charge in [0.25, 0.3) is 5.24 Å². The number of carbonyl (C=O) groups excluding carboxylic acids is 1. The Hall–Kier alpha value is -2.08. The van der Waals surface area contributed by atoms with Crippen molar-refractivity contribution in [3.63, 3.8) is 0 Å². The van der Waals surface area contributed by atoms with E-state index in [-0.39, 0.29) is 0 Å². The molecule has 160 valence electrons. The molecule has 2 heterocycles. The normalized spacial score (nSPS) is 14.6. The van der Waals surface area contributed by atoms with Gasteiger partial charge in [-0.3, -0.25) is 4.79 Å². The van der Waals surface area contributed by atoms with Crippen LogP contribution in [0.1, 0.15) is 34.3 Å². The molecule has 0 amide bonds. The highest BCUT2D eigenvalue weighted by Crippen LogP contribution is 2.29. The van der Waals surface area contributed by atoms with Gasteiger partial charge in [-0.2, -0.15) is 0 Å². The number of nitrogens with zero attached hydrogens (tertiary/aromatic N) is 3. The highest BCUT2D eigenvalue weighted by molar-refractivity contribution is 7.98. The Morgan fingerprint density at radius 1 is 1.03 bits per heavy atom. The molecule has 1 saturated heterocycles. The SMILES string of the molecule is O=C(Cl)c1ccccc1CSc1nc(Cl)cc(N2CCC(Cc3ccccc3)CC2)n1. The van der Waals surface area contributed by atoms with E-state index in [0.717, 1.165) is 43.7 Å². The fourth-order valence-electron chi connectivity index (χ4n) is 3.91. The minimum absolute atomic E-state index is 0.431. The number of halogens is 2. The summed E-state index contributed by atoms with van der Waals surface area (Å²) < 4.78 is 0. The predicted molar refractivity (Wildman–Crippen MR) is 128 cm³/mol. The number of hydrogen-bond acceptors (Lipinski definition) is 5. The van der Waals surface area contributed by atoms with Crippen LogP contribution in [0.2, 0.25) is 5.15 Å². The fourth-order valence-corrected chi connectivity index (χ4v) is 5.18. The second kappa shape index (κ2) is 10.5. The molecule has 1 aromatic heterocycles. The molecule has 31 heavy (non-hydrogen) atoms. The molecule has 3 aromatic rings. The van der Waals surface area contributed by atoms with Crippen molar-refractivity contribution in [1.82, 2.24) is 9.97 Å². The van der Waals surface area contributed by atoms with Crippen LogP contribution < -0.4 is 4.90 Å². The Labute approximate surface area is 197 Å². The van der Waals surface area contributed by atoms with E-state index in [1.165, 1.54) is 17.3 Å². The van der Waals surface area contributed by atoms with E-state index in [4.69, 9.17) is 28.2 Å². The first-order valence-corrected chi connectivity index (χ1v) is 12.1. The molecule has 0 radical (unpaired) electrons. The topological polar surface area (TPSA) is 46.1 Å². The predicted octanol–water partition coefficient (Wildman–Crippen LogP) is 6.26. The van der Waals surface area contributed by atoms with Crippen LogP contribution >= 0.6 is 35.0 Å². The average Bonchev–Trinajstić information content (AvgIpc) is 2.79. The number of benzene rings is 2. The fraction of sp³-hybridized carbons (Fsp3) is 0.292. The lowest BCUT2D eigenvalue weighted by atomic mass is 9.90. The van der Waals surface area contributed by atoms with Crippen LogP contribution in [0, 0.1) is 5.92 Å². The van der Waals surface area contributed by atoms with Gasteiger partial charge in [-0.15, -0.1) is 0 Å². The quantitative estimate of drug-likeness (QED) is 0.176. The molecule has 0 saturated carbocycles. The third-order valence-electron chi connectivity index (χ3n) is 5.55. The number of anilines is 1. The van der Waals surface area contributed by atoms with Crippen LogP contribution in [0.25, 0.3) is 0 Å². The monoisotopic (exact) mass is 471 g/mol. The maximum Gasteiger partial charge on any atom is 0.252 e. The minimum Gasteiger partial charge on any atom is -0.356 e. The molecule has 2 aromatic carbocycles. The third kappa shape index (κ3) is 6.00. The molecule has 1 aliphatic rings. The maximum absolute atomic E-state index is 11.6. The van der Waals surface area contributed by atoms with Gasteiger partial charge in [0, 0.05) is 30.5 Å². The standard InChI is InChI=1S/C24H23Cl2N3OS/c25-21-15-22(29-12-10-18(11-13-29)14-17-6-2-1-3-7-17)28-24(27-21)31-16-19-8-4-5-9-20(19)23(26)30/h1-9,15,18H,10-14,16H2. The zero-order valence-electron chi connectivity index (χ0n) is 17.0. The average molecular weight is 472 g/mol. The van der Waals surface area contributed by atoms with Crippen molar-refractivity contribution in [3.05, 3.63) is 82.5 Å². The van der Waals surface area contributed by atoms with Gasteiger partial charge in [-0.05, 0) is 54.0 Å². The maximum atomic E-state index is 11.6. The van der Waals surface area contributed by atoms with E-state index in [1.54, 1.807) is 12.1 Å². The largest absolute Gasteiger partial charge is 0.356 e. The Kier molecular flexibility index (Phi) is 7.49. The Balaban J connectivity index is 1.39. The van der Waals surface area contributed by atoms with Gasteiger partial charge in [0.05, 0.1) is 0 Å². The lowest BCUT2D eigenvalue weighted by Crippen LogP contribution is -2.35. The molecule has 0 aliphatic carbocycles. The van der Waals surface area contributed by atoms with Crippen LogP contribution in [-0.4, -0.2) is 28.3 Å². The van der Waals surface area contributed by atoms with E-state index < -0.39 is 5.24 Å². The van der Waals surface area contributed by atoms with Crippen LogP contribution in [0.4, 0.5) is 5.82 Å². The summed E-state index contributed by atoms with van der Waals surface area (Å²) in [6, 6.07) is 19.8. The van der Waals surface area contributed by atoms with Gasteiger partial charge >= 0.3 is 0 Å². The van der Waals surface area contributed by atoms with Gasteiger partial charge in [-0.25, -0.2) is 9.97 Å². The van der Waals surface area contributed by atoms with Crippen LogP contribution in [0.3, 0.4) is 0 Å². The Morgan fingerprint density at radius 3 is 2.48 bits per heavy atom. The summed E-state index contributed by atoms with van der Waals surface area (Å²) in [5.41, 5.74) is 2.78. The summed E-state index contributed by atoms with van der Waals surface area (Å²) in [6.07, 6.45) is 3.38. The molecule has 4 rings (SSSR count). The molecule has 4 nitrogen and oxygen atoms in total. The number of rotatable bonds is 7. The van der Waals surface area contributed by atoms with Crippen LogP contribution in [0.5, 0.6) is 0 Å². The summed E-state index contributed by atoms with van der Waals surface area (Å²) in [5, 5.41) is 0.577. The van der Waals surface area contributed by atoms with E-state index >= 15 is 0 Å². The number of carbonyl (C=O) groups is 1. The second-order valence-corrected chi connectivity index (χ2v) is 9.34. The van der Waals surface area contributed by atoms with Gasteiger partial charge in [0.15, 0.2) is 5.16 Å². The molecule has 1 aliphatic heterocycles. The number of piperidine rings is 1. The molecular formula is C24H23Cl2N3OS. The third-order valence-corrected chi connectivity index (χ3v) is 6.85. The number of thioether (sulfide) groups is 1. The van der Waals surface area contributed by atoms with Crippen molar-refractivity contribution < 1.29 is 4.79 Å². The van der Waals surface area contributed by atoms with Crippen molar-refractivity contribution in [1.29, 1.82) is 0 Å². The number of hydrogen-bond donors (Lipinski definition) is 0. The highest BCUT2D eigenvalue weighted by Gasteiger charge is 2.21. The summed E-state index contributed by atoms with van der Waals surface area (Å²) in [6.45, 7) is 1.91. The summed E-state index contributed by atoms with van der Waals surface area (Å²) in [4.78, 5) is 23.0. The first kappa shape index (κ1) is 22.1. The molecule has 1 fully saturated rings. The Morgan fingerprint density at radius 2 is 1.74 bits per heavy atom. The zero-order chi connectivity index (χ0) is 21.6. The van der Waals surface area contributed by atoms with Crippen molar-refractivity contribution in [3.8, 4) is 0 Å². The van der Waals surface area contributed by atoms with Crippen molar-refractivity contribution in [2.75, 3.05) is 18.0 Å². The summed E-state index contributed by atoms with van der Waals surface area (Å²) in [5.74, 6) is 2.10. The van der Waals surface area contributed by atoms with Crippen LogP contribution in [-0.2, 0) is 12.2 Å². The molecule has 0 bridgehead atoms. The Bertz CT molecular complexity index is 1040. The van der Waals surface area contributed by atoms with Gasteiger partial charge in [0.1, 0.15) is 11.0 Å². The smallest absolute Gasteiger partial charge is 0.252 e. The summed E-state index contributed by atoms with van der Waals surface area (Å²) in [7, 11) is 0. The van der Waals surface area contributed by atoms with E-state index in [9.17, 15) is 4.79 Å². The first-order chi connectivity index (χ1) is 15.1. The van der Waals surface area contributed by atoms with Gasteiger partial charge in [0.2, 0.25) is 0 Å². The molecule has 0 unspecified atom stereocenters. The van der Waals surface area contributed by atoms with Crippen molar-refractivity contribution >= 4 is 46.0 Å². The van der Waals surface area contributed by atoms with E-state index in [1.807, 2.05) is 18.2 Å². The number of aromatic nitrogens is 2. The molecule has 7 heteroatoms. The van der Waals surface area contributed by atoms with Crippen molar-refractivity contribution in [2.24, 2.45) is 5.92 Å². The minimum atomic E-state index is -0.456. The van der Waals surface area contributed by atoms with E-state index in [2.05, 4.69) is 40.2 Å². The lowest BCUT2D eigenvalue weighted by molar-refractivity contribution is 0.108. The molecule has 0 atom stereocenters. The van der Waals surface area contributed by atoms with Crippen molar-refractivity contribution in [2.45, 2.75) is 30.2 Å². The first-order valence-electron chi connectivity index (χ1n) is 10.3. The molecular weight excluding hydrogens is 449 g/mol. The highest BCUT2D eigenvalue weighted by atomic mass is 35.5.